The van der Waals surface area contributed by atoms with Gasteiger partial charge in [-0.15, -0.1) is 0 Å². The summed E-state index contributed by atoms with van der Waals surface area (Å²) >= 11 is 0. The van der Waals surface area contributed by atoms with Crippen molar-refractivity contribution in [2.45, 2.75) is 4.90 Å². The zero-order valence-electron chi connectivity index (χ0n) is 10.9. The van der Waals surface area contributed by atoms with Crippen molar-refractivity contribution in [1.29, 1.82) is 0 Å². The van der Waals surface area contributed by atoms with Crippen LogP contribution in [0.4, 0.5) is 10.2 Å². The van der Waals surface area contributed by atoms with Crippen LogP contribution >= 0.6 is 0 Å². The van der Waals surface area contributed by atoms with E-state index in [-0.39, 0.29) is 11.4 Å². The minimum Gasteiger partial charge on any atom is -0.478 e. The smallest absolute Gasteiger partial charge is 0.335 e. The largest absolute Gasteiger partial charge is 0.478 e. The summed E-state index contributed by atoms with van der Waals surface area (Å²) in [6, 6.07) is 7.30. The predicted octanol–water partition coefficient (Wildman–Crippen LogP) is 1.74. The minimum atomic E-state index is -4.16. The number of hydrogen-bond donors (Lipinski definition) is 1. The van der Waals surface area contributed by atoms with Crippen molar-refractivity contribution < 1.29 is 22.7 Å². The summed E-state index contributed by atoms with van der Waals surface area (Å²) in [6.07, 6.45) is 1.41. The van der Waals surface area contributed by atoms with Crippen LogP contribution in [0.15, 0.2) is 47.5 Å². The maximum absolute atomic E-state index is 13.9. The Hall–Kier alpha value is -2.48. The summed E-state index contributed by atoms with van der Waals surface area (Å²) in [4.78, 5) is 14.0. The molecule has 0 saturated heterocycles. The van der Waals surface area contributed by atoms with E-state index in [0.717, 1.165) is 16.4 Å². The van der Waals surface area contributed by atoms with Crippen molar-refractivity contribution >= 4 is 21.8 Å². The van der Waals surface area contributed by atoms with Crippen LogP contribution in [0.25, 0.3) is 0 Å². The molecule has 21 heavy (non-hydrogen) atoms. The Labute approximate surface area is 120 Å². The maximum atomic E-state index is 13.9. The van der Waals surface area contributed by atoms with Gasteiger partial charge >= 0.3 is 5.97 Å². The number of carbonyl (C=O) groups is 1. The Morgan fingerprint density at radius 1 is 1.29 bits per heavy atom. The number of aromatic nitrogens is 1. The molecule has 8 heteroatoms. The second kappa shape index (κ2) is 5.49. The van der Waals surface area contributed by atoms with Gasteiger partial charge in [0.1, 0.15) is 16.5 Å². The zero-order valence-corrected chi connectivity index (χ0v) is 11.7. The molecule has 0 aliphatic carbocycles. The molecule has 0 amide bonds. The molecule has 0 saturated carbocycles. The predicted molar refractivity (Wildman–Crippen MR) is 73.2 cm³/mol. The van der Waals surface area contributed by atoms with Crippen LogP contribution in [-0.4, -0.2) is 31.5 Å². The standard InChI is InChI=1S/C13H11FN2O4S/c1-16(12-4-2-3-7-15-12)21(19,20)11-6-5-9(13(17)18)8-10(11)14/h2-8H,1H3,(H,17,18). The van der Waals surface area contributed by atoms with Crippen LogP contribution < -0.4 is 4.31 Å². The molecular weight excluding hydrogens is 299 g/mol. The van der Waals surface area contributed by atoms with E-state index in [1.807, 2.05) is 0 Å². The molecule has 1 aromatic heterocycles. The monoisotopic (exact) mass is 310 g/mol. The molecule has 0 unspecified atom stereocenters. The molecule has 0 spiro atoms. The fourth-order valence-electron chi connectivity index (χ4n) is 1.65. The quantitative estimate of drug-likeness (QED) is 0.929. The van der Waals surface area contributed by atoms with Crippen LogP contribution in [0.3, 0.4) is 0 Å². The lowest BCUT2D eigenvalue weighted by molar-refractivity contribution is 0.0696. The molecule has 1 heterocycles. The van der Waals surface area contributed by atoms with Gasteiger partial charge in [0, 0.05) is 13.2 Å². The molecule has 2 rings (SSSR count). The van der Waals surface area contributed by atoms with Crippen molar-refractivity contribution in [3.63, 3.8) is 0 Å². The summed E-state index contributed by atoms with van der Waals surface area (Å²) in [5.74, 6) is -2.34. The Morgan fingerprint density at radius 3 is 2.52 bits per heavy atom. The molecule has 2 aromatic rings. The summed E-state index contributed by atoms with van der Waals surface area (Å²) in [6.45, 7) is 0. The molecule has 1 N–H and O–H groups in total. The topological polar surface area (TPSA) is 87.6 Å². The van der Waals surface area contributed by atoms with Gasteiger partial charge in [-0.1, -0.05) is 6.07 Å². The van der Waals surface area contributed by atoms with Crippen molar-refractivity contribution in [1.82, 2.24) is 4.98 Å². The second-order valence-corrected chi connectivity index (χ2v) is 6.05. The Morgan fingerprint density at radius 2 is 2.00 bits per heavy atom. The van der Waals surface area contributed by atoms with Crippen LogP contribution in [0.1, 0.15) is 10.4 Å². The Bertz CT molecular complexity index is 778. The number of nitrogens with zero attached hydrogens (tertiary/aromatic N) is 2. The molecular formula is C13H11FN2O4S. The van der Waals surface area contributed by atoms with Crippen molar-refractivity contribution in [2.75, 3.05) is 11.4 Å². The van der Waals surface area contributed by atoms with Gasteiger partial charge in [0.05, 0.1) is 5.56 Å². The Kier molecular flexibility index (Phi) is 3.90. The maximum Gasteiger partial charge on any atom is 0.335 e. The number of hydrogen-bond acceptors (Lipinski definition) is 4. The number of carboxylic acids is 1. The van der Waals surface area contributed by atoms with Crippen molar-refractivity contribution in [2.24, 2.45) is 0 Å². The van der Waals surface area contributed by atoms with Crippen molar-refractivity contribution in [3.05, 3.63) is 54.0 Å². The summed E-state index contributed by atoms with van der Waals surface area (Å²) < 4.78 is 39.4. The van der Waals surface area contributed by atoms with Crippen LogP contribution in [0.2, 0.25) is 0 Å². The van der Waals surface area contributed by atoms with Gasteiger partial charge in [0.15, 0.2) is 0 Å². The molecule has 0 atom stereocenters. The lowest BCUT2D eigenvalue weighted by atomic mass is 10.2. The van der Waals surface area contributed by atoms with E-state index in [9.17, 15) is 17.6 Å². The molecule has 110 valence electrons. The van der Waals surface area contributed by atoms with Gasteiger partial charge in [-0.3, -0.25) is 4.31 Å². The highest BCUT2D eigenvalue weighted by Crippen LogP contribution is 2.23. The van der Waals surface area contributed by atoms with Gasteiger partial charge in [0.25, 0.3) is 10.0 Å². The molecule has 1 aromatic carbocycles. The molecule has 0 bridgehead atoms. The zero-order chi connectivity index (χ0) is 15.6. The summed E-state index contributed by atoms with van der Waals surface area (Å²) in [7, 11) is -2.92. The third kappa shape index (κ3) is 2.84. The number of benzene rings is 1. The third-order valence-corrected chi connectivity index (χ3v) is 4.58. The van der Waals surface area contributed by atoms with Gasteiger partial charge in [-0.05, 0) is 30.3 Å². The first-order chi connectivity index (χ1) is 9.84. The Balaban J connectivity index is 2.47. The number of carboxylic acid groups (broad SMARTS) is 1. The van der Waals surface area contributed by atoms with Gasteiger partial charge in [-0.25, -0.2) is 22.6 Å². The van der Waals surface area contributed by atoms with E-state index in [1.54, 1.807) is 12.1 Å². The molecule has 0 aliphatic rings. The third-order valence-electron chi connectivity index (χ3n) is 2.79. The van der Waals surface area contributed by atoms with E-state index in [1.165, 1.54) is 19.3 Å². The van der Waals surface area contributed by atoms with E-state index < -0.39 is 26.7 Å². The van der Waals surface area contributed by atoms with E-state index in [2.05, 4.69) is 4.98 Å². The normalized spacial score (nSPS) is 11.1. The number of rotatable bonds is 4. The first-order valence-electron chi connectivity index (χ1n) is 5.77. The van der Waals surface area contributed by atoms with Crippen molar-refractivity contribution in [3.8, 4) is 0 Å². The second-order valence-electron chi connectivity index (χ2n) is 4.11. The lowest BCUT2D eigenvalue weighted by Crippen LogP contribution is -2.28. The molecule has 0 aliphatic heterocycles. The van der Waals surface area contributed by atoms with E-state index in [4.69, 9.17) is 5.11 Å². The average Bonchev–Trinajstić information content (AvgIpc) is 2.46. The molecule has 0 fully saturated rings. The van der Waals surface area contributed by atoms with E-state index in [0.29, 0.717) is 6.07 Å². The average molecular weight is 310 g/mol. The van der Waals surface area contributed by atoms with Gasteiger partial charge in [-0.2, -0.15) is 0 Å². The fraction of sp³-hybridized carbons (Fsp3) is 0.0769. The lowest BCUT2D eigenvalue weighted by Gasteiger charge is -2.18. The SMILES string of the molecule is CN(c1ccccn1)S(=O)(=O)c1ccc(C(=O)O)cc1F. The van der Waals surface area contributed by atoms with Gasteiger partial charge < -0.3 is 5.11 Å². The number of halogens is 1. The molecule has 0 radical (unpaired) electrons. The number of pyridine rings is 1. The first-order valence-corrected chi connectivity index (χ1v) is 7.21. The summed E-state index contributed by atoms with van der Waals surface area (Å²) in [5, 5.41) is 8.75. The van der Waals surface area contributed by atoms with Crippen LogP contribution in [-0.2, 0) is 10.0 Å². The highest BCUT2D eigenvalue weighted by atomic mass is 32.2. The summed E-state index contributed by atoms with van der Waals surface area (Å²) in [5.41, 5.74) is -0.327. The minimum absolute atomic E-state index is 0.124. The molecule has 6 nitrogen and oxygen atoms in total. The van der Waals surface area contributed by atoms with Crippen LogP contribution in [0.5, 0.6) is 0 Å². The highest BCUT2D eigenvalue weighted by molar-refractivity contribution is 7.92. The highest BCUT2D eigenvalue weighted by Gasteiger charge is 2.26. The van der Waals surface area contributed by atoms with Crippen LogP contribution in [0, 0.1) is 5.82 Å². The number of sulfonamides is 1. The van der Waals surface area contributed by atoms with Gasteiger partial charge in [0.2, 0.25) is 0 Å². The number of anilines is 1. The first kappa shape index (κ1) is 14.9. The fourth-order valence-corrected chi connectivity index (χ4v) is 2.85. The van der Waals surface area contributed by atoms with E-state index >= 15 is 0 Å². The number of aromatic carboxylic acids is 1.